The third-order valence-corrected chi connectivity index (χ3v) is 6.53. The summed E-state index contributed by atoms with van der Waals surface area (Å²) in [5, 5.41) is 11.8. The third kappa shape index (κ3) is 7.03. The molecule has 3 N–H and O–H groups in total. The molecule has 0 atom stereocenters. The number of urea groups is 1. The Balaban J connectivity index is 1.89. The minimum Gasteiger partial charge on any atom is -0.456 e. The predicted octanol–water partition coefficient (Wildman–Crippen LogP) is 5.43. The van der Waals surface area contributed by atoms with Crippen molar-refractivity contribution in [1.29, 1.82) is 0 Å². The van der Waals surface area contributed by atoms with Crippen molar-refractivity contribution in [2.45, 2.75) is 38.0 Å². The molecule has 3 aromatic rings. The van der Waals surface area contributed by atoms with E-state index in [1.807, 2.05) is 48.9 Å². The van der Waals surface area contributed by atoms with Gasteiger partial charge >= 0.3 is 11.7 Å². The molecule has 0 radical (unpaired) electrons. The molecule has 0 saturated heterocycles. The maximum Gasteiger partial charge on any atom is 0.328 e. The summed E-state index contributed by atoms with van der Waals surface area (Å²) in [7, 11) is -4.44. The number of ether oxygens (including phenoxy) is 1. The van der Waals surface area contributed by atoms with Crippen LogP contribution in [-0.4, -0.2) is 31.1 Å². The van der Waals surface area contributed by atoms with Gasteiger partial charge in [0.2, 0.25) is 0 Å². The molecule has 0 spiro atoms. The molecule has 3 rings (SSSR count). The van der Waals surface area contributed by atoms with Crippen LogP contribution in [0.25, 0.3) is 11.1 Å². The molecular formula is C25H28N3O6S+. The highest BCUT2D eigenvalue weighted by Crippen LogP contribution is 2.33. The number of nitrogens with one attached hydrogen (secondary N) is 2. The van der Waals surface area contributed by atoms with Crippen molar-refractivity contribution in [2.24, 2.45) is 0 Å². The van der Waals surface area contributed by atoms with Crippen LogP contribution >= 0.6 is 0 Å². The summed E-state index contributed by atoms with van der Waals surface area (Å²) < 4.78 is 33.7. The van der Waals surface area contributed by atoms with E-state index in [1.165, 1.54) is 12.1 Å². The molecule has 0 aliphatic heterocycles. The van der Waals surface area contributed by atoms with Crippen LogP contribution in [0.2, 0.25) is 0 Å². The van der Waals surface area contributed by atoms with E-state index in [1.54, 1.807) is 18.2 Å². The van der Waals surface area contributed by atoms with Crippen LogP contribution in [0, 0.1) is 11.8 Å². The van der Waals surface area contributed by atoms with Crippen LogP contribution < -0.4 is 14.8 Å². The van der Waals surface area contributed by atoms with Crippen molar-refractivity contribution in [2.75, 3.05) is 6.54 Å². The minimum atomic E-state index is -4.44. The monoisotopic (exact) mass is 498 g/mol. The maximum absolute atomic E-state index is 13.0. The van der Waals surface area contributed by atoms with Gasteiger partial charge in [0.05, 0.1) is 4.91 Å². The summed E-state index contributed by atoms with van der Waals surface area (Å²) in [5.74, 6) is 0.224. The van der Waals surface area contributed by atoms with Gasteiger partial charge in [-0.05, 0) is 42.7 Å². The molecule has 0 aliphatic carbocycles. The Labute approximate surface area is 204 Å². The highest BCUT2D eigenvalue weighted by molar-refractivity contribution is 7.90. The molecule has 10 heteroatoms. The molecule has 35 heavy (non-hydrogen) atoms. The molecule has 0 saturated carbocycles. The largest absolute Gasteiger partial charge is 0.456 e. The Morgan fingerprint density at radius 2 is 1.74 bits per heavy atom. The standard InChI is InChI=1S/C25H27N3O6S/c1-3-4-5-15-26-25(29)27-35(32,33)24-17-21(28(30)31)13-14-23(24)34-22-8-6-7-20(16-22)19-11-9-18(2)10-12-19/h6-14,16-17H,3-5,15H2,1-2H3,(H2-,26,27,29,30,31)/p+1. The van der Waals surface area contributed by atoms with E-state index >= 15 is 0 Å². The third-order valence-electron chi connectivity index (χ3n) is 5.18. The van der Waals surface area contributed by atoms with Crippen molar-refractivity contribution in [3.8, 4) is 22.6 Å². The van der Waals surface area contributed by atoms with Crippen LogP contribution in [0.5, 0.6) is 11.5 Å². The van der Waals surface area contributed by atoms with Gasteiger partial charge in [0.15, 0.2) is 0 Å². The van der Waals surface area contributed by atoms with E-state index in [4.69, 9.17) is 4.74 Å². The van der Waals surface area contributed by atoms with Crippen molar-refractivity contribution >= 4 is 21.7 Å². The zero-order chi connectivity index (χ0) is 25.4. The number of benzene rings is 3. The smallest absolute Gasteiger partial charge is 0.328 e. The molecule has 0 unspecified atom stereocenters. The average Bonchev–Trinajstić information content (AvgIpc) is 2.82. The lowest BCUT2D eigenvalue weighted by atomic mass is 10.0. The minimum absolute atomic E-state index is 0.122. The van der Waals surface area contributed by atoms with E-state index in [2.05, 4.69) is 5.32 Å². The lowest BCUT2D eigenvalue weighted by Crippen LogP contribution is -2.39. The molecule has 3 aromatic carbocycles. The van der Waals surface area contributed by atoms with Crippen molar-refractivity contribution in [3.63, 3.8) is 0 Å². The quantitative estimate of drug-likeness (QED) is 0.253. The number of sulfonamides is 1. The zero-order valence-electron chi connectivity index (χ0n) is 19.5. The molecule has 0 aromatic heterocycles. The molecule has 0 bridgehead atoms. The first kappa shape index (κ1) is 25.7. The van der Waals surface area contributed by atoms with Crippen LogP contribution in [0.3, 0.4) is 0 Å². The number of amides is 2. The second kappa shape index (κ2) is 11.5. The van der Waals surface area contributed by atoms with Crippen LogP contribution in [0.15, 0.2) is 71.6 Å². The Bertz CT molecular complexity index is 1310. The Morgan fingerprint density at radius 3 is 2.43 bits per heavy atom. The fourth-order valence-corrected chi connectivity index (χ4v) is 4.39. The number of carbonyl (C=O) groups is 1. The summed E-state index contributed by atoms with van der Waals surface area (Å²) in [4.78, 5) is 22.6. The first-order valence-electron chi connectivity index (χ1n) is 11.2. The molecule has 0 aliphatic rings. The second-order valence-corrected chi connectivity index (χ2v) is 9.62. The maximum atomic E-state index is 13.0. The van der Waals surface area contributed by atoms with Gasteiger partial charge in [-0.2, -0.15) is 0 Å². The van der Waals surface area contributed by atoms with Gasteiger partial charge in [0, 0.05) is 18.7 Å². The Kier molecular flexibility index (Phi) is 8.43. The number of carbonyl (C=O) groups excluding carboxylic acids is 1. The van der Waals surface area contributed by atoms with Gasteiger partial charge in [-0.25, -0.2) is 23.1 Å². The molecule has 9 nitrogen and oxygen atoms in total. The average molecular weight is 499 g/mol. The fraction of sp³-hybridized carbons (Fsp3) is 0.240. The highest BCUT2D eigenvalue weighted by atomic mass is 32.2. The van der Waals surface area contributed by atoms with Gasteiger partial charge in [-0.15, -0.1) is 0 Å². The summed E-state index contributed by atoms with van der Waals surface area (Å²) in [5.41, 5.74) is 2.59. The van der Waals surface area contributed by atoms with E-state index in [9.17, 15) is 23.3 Å². The lowest BCUT2D eigenvalue weighted by molar-refractivity contribution is -0.729. The van der Waals surface area contributed by atoms with Crippen molar-refractivity contribution in [3.05, 3.63) is 77.2 Å². The molecule has 0 fully saturated rings. The number of aryl methyl sites for hydroxylation is 1. The summed E-state index contributed by atoms with van der Waals surface area (Å²) in [6, 6.07) is 17.4. The first-order valence-corrected chi connectivity index (χ1v) is 12.6. The predicted molar refractivity (Wildman–Crippen MR) is 131 cm³/mol. The summed E-state index contributed by atoms with van der Waals surface area (Å²) >= 11 is 0. The molecule has 184 valence electrons. The molecule has 2 amide bonds. The van der Waals surface area contributed by atoms with E-state index in [0.717, 1.165) is 35.6 Å². The topological polar surface area (TPSA) is 125 Å². The SMILES string of the molecule is CCCCCNC(=O)NS(=O)(=O)c1cc([N+](=O)O)ccc1Oc1cccc(-c2ccc(C)cc2)c1. The second-order valence-electron chi connectivity index (χ2n) is 7.97. The first-order chi connectivity index (χ1) is 16.7. The molecule has 0 heterocycles. The van der Waals surface area contributed by atoms with Gasteiger partial charge < -0.3 is 10.1 Å². The van der Waals surface area contributed by atoms with E-state index < -0.39 is 25.9 Å². The summed E-state index contributed by atoms with van der Waals surface area (Å²) in [6.07, 6.45) is 2.55. The van der Waals surface area contributed by atoms with Crippen molar-refractivity contribution in [1.82, 2.24) is 10.0 Å². The van der Waals surface area contributed by atoms with Gasteiger partial charge in [0.1, 0.15) is 16.4 Å². The highest BCUT2D eigenvalue weighted by Gasteiger charge is 2.27. The van der Waals surface area contributed by atoms with Gasteiger partial charge in [-0.3, -0.25) is 0 Å². The fourth-order valence-electron chi connectivity index (χ4n) is 3.31. The van der Waals surface area contributed by atoms with Gasteiger partial charge in [0.25, 0.3) is 14.9 Å². The number of nitrogens with zero attached hydrogens (tertiary/aromatic N) is 1. The Morgan fingerprint density at radius 1 is 1.00 bits per heavy atom. The lowest BCUT2D eigenvalue weighted by Gasteiger charge is -2.13. The number of hydrogen-bond donors (Lipinski definition) is 3. The van der Waals surface area contributed by atoms with Crippen LogP contribution in [0.1, 0.15) is 31.7 Å². The van der Waals surface area contributed by atoms with E-state index in [-0.39, 0.29) is 11.4 Å². The molecular weight excluding hydrogens is 470 g/mol. The van der Waals surface area contributed by atoms with Crippen molar-refractivity contribution < 1.29 is 28.1 Å². The van der Waals surface area contributed by atoms with Gasteiger partial charge in [-0.1, -0.05) is 61.7 Å². The Hall–Kier alpha value is -3.92. The van der Waals surface area contributed by atoms with Crippen LogP contribution in [-0.2, 0) is 10.0 Å². The number of hydrogen-bond acceptors (Lipinski definition) is 5. The van der Waals surface area contributed by atoms with E-state index in [0.29, 0.717) is 18.7 Å². The normalized spacial score (nSPS) is 11.0. The zero-order valence-corrected chi connectivity index (χ0v) is 20.3. The summed E-state index contributed by atoms with van der Waals surface area (Å²) in [6.45, 7) is 4.31. The van der Waals surface area contributed by atoms with Crippen LogP contribution in [0.4, 0.5) is 10.5 Å². The number of rotatable bonds is 10. The number of unbranched alkanes of at least 4 members (excludes halogenated alkanes) is 2.